The minimum Gasteiger partial charge on any atom is -0.380 e. The van der Waals surface area contributed by atoms with Gasteiger partial charge in [-0.25, -0.2) is 16.8 Å². The van der Waals surface area contributed by atoms with E-state index < -0.39 is 31.6 Å². The molecule has 0 aliphatic rings. The lowest BCUT2D eigenvalue weighted by Gasteiger charge is -2.09. The van der Waals surface area contributed by atoms with E-state index in [1.807, 2.05) is 0 Å². The van der Waals surface area contributed by atoms with Gasteiger partial charge < -0.3 is 10.2 Å². The first-order valence-electron chi connectivity index (χ1n) is 5.52. The van der Waals surface area contributed by atoms with Gasteiger partial charge in [0, 0.05) is 10.8 Å². The van der Waals surface area contributed by atoms with E-state index in [-0.39, 0.29) is 20.6 Å². The molecule has 0 spiro atoms. The molecule has 0 aromatic heterocycles. The number of benzene rings is 2. The van der Waals surface area contributed by atoms with Gasteiger partial charge in [-0.2, -0.15) is 0 Å². The number of rotatable bonds is 4. The van der Waals surface area contributed by atoms with Gasteiger partial charge in [0.25, 0.3) is 0 Å². The van der Waals surface area contributed by atoms with E-state index in [9.17, 15) is 16.8 Å². The summed E-state index contributed by atoms with van der Waals surface area (Å²) in [7, 11) is -7.79. The van der Waals surface area contributed by atoms with E-state index in [1.165, 1.54) is 36.4 Å². The number of hydrogen-bond acceptors (Lipinski definition) is 6. The quantitative estimate of drug-likeness (QED) is 0.839. The zero-order valence-corrected chi connectivity index (χ0v) is 11.9. The van der Waals surface area contributed by atoms with Gasteiger partial charge >= 0.3 is 0 Å². The van der Waals surface area contributed by atoms with Crippen LogP contribution in [0, 0.1) is 0 Å². The zero-order chi connectivity index (χ0) is 15.0. The van der Waals surface area contributed by atoms with Gasteiger partial charge in [-0.05, 0) is 12.1 Å². The zero-order valence-electron chi connectivity index (χ0n) is 10.2. The normalized spacial score (nSPS) is 12.7. The molecule has 0 amide bonds. The summed E-state index contributed by atoms with van der Waals surface area (Å²) in [4.78, 5) is -0.292. The van der Waals surface area contributed by atoms with Gasteiger partial charge in [0.15, 0.2) is 0 Å². The van der Waals surface area contributed by atoms with Crippen LogP contribution in [-0.2, 0) is 19.7 Å². The van der Waals surface area contributed by atoms with Crippen LogP contribution in [0.25, 0.3) is 10.8 Å². The molecule has 0 saturated heterocycles. The molecule has 0 radical (unpaired) electrons. The van der Waals surface area contributed by atoms with E-state index in [1.54, 1.807) is 0 Å². The summed E-state index contributed by atoms with van der Waals surface area (Å²) in [5.41, 5.74) is 0. The monoisotopic (exact) mass is 316 g/mol. The molecular formula is C12H12O6S2. The van der Waals surface area contributed by atoms with Crippen molar-refractivity contribution in [3.63, 3.8) is 0 Å². The molecule has 6 nitrogen and oxygen atoms in total. The van der Waals surface area contributed by atoms with Crippen LogP contribution in [0.1, 0.15) is 0 Å². The third kappa shape index (κ3) is 2.42. The molecule has 0 bridgehead atoms. The lowest BCUT2D eigenvalue weighted by atomic mass is 10.1. The minimum absolute atomic E-state index is 0.146. The molecule has 2 aromatic rings. The Balaban J connectivity index is 2.91. The van der Waals surface area contributed by atoms with Crippen LogP contribution in [0.3, 0.4) is 0 Å². The second-order valence-corrected chi connectivity index (χ2v) is 7.95. The lowest BCUT2D eigenvalue weighted by molar-refractivity contribution is 0.358. The van der Waals surface area contributed by atoms with Gasteiger partial charge in [-0.1, -0.05) is 24.3 Å². The molecule has 2 N–H and O–H groups in total. The van der Waals surface area contributed by atoms with Gasteiger partial charge in [0.1, 0.15) is 11.9 Å². The standard InChI is InChI=1S/C12H12O6S2/c13-7-19(15,16)11-5-1-3-9-10(11)4-2-6-12(9)20(17,18)8-14/h1-6,13-14H,7-8H2. The summed E-state index contributed by atoms with van der Waals surface area (Å²) in [6, 6.07) is 8.28. The number of aliphatic hydroxyl groups excluding tert-OH is 2. The fourth-order valence-corrected chi connectivity index (χ4v) is 3.81. The summed E-state index contributed by atoms with van der Waals surface area (Å²) in [5.74, 6) is -2.13. The summed E-state index contributed by atoms with van der Waals surface area (Å²) in [6.07, 6.45) is 0. The summed E-state index contributed by atoms with van der Waals surface area (Å²) in [6.45, 7) is 0. The maximum absolute atomic E-state index is 11.8. The number of sulfone groups is 2. The fraction of sp³-hybridized carbons (Fsp3) is 0.167. The number of aliphatic hydroxyl groups is 2. The molecule has 0 fully saturated rings. The highest BCUT2D eigenvalue weighted by molar-refractivity contribution is 7.92. The van der Waals surface area contributed by atoms with Crippen LogP contribution in [0.4, 0.5) is 0 Å². The second-order valence-electron chi connectivity index (χ2n) is 4.10. The molecule has 20 heavy (non-hydrogen) atoms. The molecular weight excluding hydrogens is 304 g/mol. The molecule has 0 saturated carbocycles. The van der Waals surface area contributed by atoms with Crippen LogP contribution >= 0.6 is 0 Å². The Kier molecular flexibility index (Phi) is 3.83. The van der Waals surface area contributed by atoms with Crippen molar-refractivity contribution < 1.29 is 27.0 Å². The third-order valence-electron chi connectivity index (χ3n) is 2.85. The Morgan fingerprint density at radius 2 is 1.05 bits per heavy atom. The van der Waals surface area contributed by atoms with Crippen LogP contribution in [0.15, 0.2) is 46.2 Å². The van der Waals surface area contributed by atoms with E-state index in [0.29, 0.717) is 0 Å². The third-order valence-corrected chi connectivity index (χ3v) is 5.58. The van der Waals surface area contributed by atoms with Gasteiger partial charge in [-0.3, -0.25) is 0 Å². The van der Waals surface area contributed by atoms with Crippen LogP contribution in [-0.4, -0.2) is 38.9 Å². The van der Waals surface area contributed by atoms with Crippen molar-refractivity contribution in [2.75, 3.05) is 11.9 Å². The molecule has 0 atom stereocenters. The average molecular weight is 316 g/mol. The SMILES string of the molecule is O=S(=O)(CO)c1cccc2c(S(=O)(=O)CO)cccc12. The summed E-state index contributed by atoms with van der Waals surface area (Å²) in [5, 5.41) is 18.3. The van der Waals surface area contributed by atoms with Crippen LogP contribution in [0.5, 0.6) is 0 Å². The number of hydrogen-bond donors (Lipinski definition) is 2. The molecule has 0 unspecified atom stereocenters. The largest absolute Gasteiger partial charge is 0.380 e. The summed E-state index contributed by atoms with van der Waals surface area (Å²) < 4.78 is 47.2. The minimum atomic E-state index is -3.90. The van der Waals surface area contributed by atoms with Crippen LogP contribution < -0.4 is 0 Å². The smallest absolute Gasteiger partial charge is 0.202 e. The van der Waals surface area contributed by atoms with E-state index in [4.69, 9.17) is 10.2 Å². The van der Waals surface area contributed by atoms with Crippen molar-refractivity contribution in [3.05, 3.63) is 36.4 Å². The van der Waals surface area contributed by atoms with Crippen molar-refractivity contribution in [2.24, 2.45) is 0 Å². The predicted octanol–water partition coefficient (Wildman–Crippen LogP) is 0.287. The maximum Gasteiger partial charge on any atom is 0.202 e. The topological polar surface area (TPSA) is 109 Å². The first-order chi connectivity index (χ1) is 9.33. The Labute approximate surface area is 116 Å². The molecule has 8 heteroatoms. The molecule has 0 aliphatic heterocycles. The molecule has 108 valence electrons. The highest BCUT2D eigenvalue weighted by Gasteiger charge is 2.21. The van der Waals surface area contributed by atoms with Crippen molar-refractivity contribution in [2.45, 2.75) is 9.79 Å². The molecule has 2 rings (SSSR count). The molecule has 0 heterocycles. The van der Waals surface area contributed by atoms with Crippen LogP contribution in [0.2, 0.25) is 0 Å². The van der Waals surface area contributed by atoms with Gasteiger partial charge in [0.05, 0.1) is 9.79 Å². The van der Waals surface area contributed by atoms with Crippen molar-refractivity contribution in [3.8, 4) is 0 Å². The highest BCUT2D eigenvalue weighted by atomic mass is 32.2. The first-order valence-corrected chi connectivity index (χ1v) is 8.83. The Hall–Kier alpha value is -1.48. The molecule has 2 aromatic carbocycles. The van der Waals surface area contributed by atoms with Crippen molar-refractivity contribution in [1.82, 2.24) is 0 Å². The maximum atomic E-state index is 11.8. The van der Waals surface area contributed by atoms with Gasteiger partial charge in [-0.15, -0.1) is 0 Å². The lowest BCUT2D eigenvalue weighted by Crippen LogP contribution is -2.09. The summed E-state index contributed by atoms with van der Waals surface area (Å²) >= 11 is 0. The van der Waals surface area contributed by atoms with E-state index in [0.717, 1.165) is 0 Å². The van der Waals surface area contributed by atoms with E-state index >= 15 is 0 Å². The first kappa shape index (κ1) is 14.9. The van der Waals surface area contributed by atoms with Crippen molar-refractivity contribution in [1.29, 1.82) is 0 Å². The molecule has 0 aliphatic carbocycles. The fourth-order valence-electron chi connectivity index (χ4n) is 1.93. The Bertz CT molecular complexity index is 779. The van der Waals surface area contributed by atoms with E-state index in [2.05, 4.69) is 0 Å². The highest BCUT2D eigenvalue weighted by Crippen LogP contribution is 2.29. The van der Waals surface area contributed by atoms with Gasteiger partial charge in [0.2, 0.25) is 19.7 Å². The van der Waals surface area contributed by atoms with Crippen molar-refractivity contribution >= 4 is 30.4 Å². The Morgan fingerprint density at radius 1 is 0.700 bits per heavy atom. The predicted molar refractivity (Wildman–Crippen MR) is 72.5 cm³/mol. The Morgan fingerprint density at radius 3 is 1.35 bits per heavy atom. The average Bonchev–Trinajstić information content (AvgIpc) is 2.45. The number of fused-ring (bicyclic) bond motifs is 1. The second kappa shape index (κ2) is 5.13.